The molecule has 2 aliphatic heterocycles. The lowest BCUT2D eigenvalue weighted by Crippen LogP contribution is -3.20. The lowest BCUT2D eigenvalue weighted by Gasteiger charge is -2.46. The van der Waals surface area contributed by atoms with Crippen LogP contribution < -0.4 is 10.2 Å². The van der Waals surface area contributed by atoms with Gasteiger partial charge in [-0.1, -0.05) is 48.5 Å². The number of carbonyl (C=O) groups is 1. The molecule has 0 saturated carbocycles. The normalized spacial score (nSPS) is 28.3. The molecule has 0 spiro atoms. The number of rotatable bonds is 4. The van der Waals surface area contributed by atoms with Gasteiger partial charge in [0.2, 0.25) is 0 Å². The van der Waals surface area contributed by atoms with Gasteiger partial charge in [-0.05, 0) is 31.4 Å². The molecule has 25 heavy (non-hydrogen) atoms. The number of hydrogen-bond donors (Lipinski definition) is 2. The third kappa shape index (κ3) is 3.77. The smallest absolute Gasteiger partial charge is 0.251 e. The molecule has 3 heteroatoms. The highest BCUT2D eigenvalue weighted by Crippen LogP contribution is 2.23. The van der Waals surface area contributed by atoms with E-state index in [4.69, 9.17) is 0 Å². The molecule has 2 unspecified atom stereocenters. The fourth-order valence-corrected chi connectivity index (χ4v) is 4.73. The molecule has 2 aromatic carbocycles. The quantitative estimate of drug-likeness (QED) is 0.885. The number of benzene rings is 2. The van der Waals surface area contributed by atoms with Gasteiger partial charge in [0, 0.05) is 30.0 Å². The summed E-state index contributed by atoms with van der Waals surface area (Å²) in [5.74, 6) is 0.0789. The van der Waals surface area contributed by atoms with E-state index in [1.165, 1.54) is 24.8 Å². The highest BCUT2D eigenvalue weighted by molar-refractivity contribution is 5.94. The Hall–Kier alpha value is -2.13. The minimum atomic E-state index is 0.0789. The van der Waals surface area contributed by atoms with E-state index >= 15 is 0 Å². The standard InChI is InChI=1S/C22H26N2O/c25-22(18-10-5-2-6-11-18)23-19-14-20-12-7-13-21(15-19)24(20)16-17-8-3-1-4-9-17/h1-6,8-11,19-21H,7,12-16H2,(H,23,25)/p+1/t19?,20-,21+. The van der Waals surface area contributed by atoms with Gasteiger partial charge in [0.25, 0.3) is 5.91 Å². The van der Waals surface area contributed by atoms with Crippen LogP contribution in [-0.2, 0) is 6.54 Å². The van der Waals surface area contributed by atoms with Gasteiger partial charge >= 0.3 is 0 Å². The molecule has 2 bridgehead atoms. The Bertz CT molecular complexity index is 686. The number of amides is 1. The molecule has 2 aromatic rings. The van der Waals surface area contributed by atoms with Crippen molar-refractivity contribution in [3.05, 3.63) is 71.8 Å². The second-order valence-electron chi connectivity index (χ2n) is 7.57. The fraction of sp³-hybridized carbons (Fsp3) is 0.409. The molecule has 1 amide bonds. The van der Waals surface area contributed by atoms with Crippen LogP contribution in [0.25, 0.3) is 0 Å². The molecule has 3 nitrogen and oxygen atoms in total. The summed E-state index contributed by atoms with van der Waals surface area (Å²) in [7, 11) is 0. The Labute approximate surface area is 150 Å². The van der Waals surface area contributed by atoms with Crippen molar-refractivity contribution in [3.8, 4) is 0 Å². The van der Waals surface area contributed by atoms with Crippen molar-refractivity contribution >= 4 is 5.91 Å². The minimum Gasteiger partial charge on any atom is -0.349 e. The summed E-state index contributed by atoms with van der Waals surface area (Å²) in [4.78, 5) is 14.2. The van der Waals surface area contributed by atoms with E-state index in [-0.39, 0.29) is 5.91 Å². The predicted octanol–water partition coefficient (Wildman–Crippen LogP) is 2.59. The third-order valence-electron chi connectivity index (χ3n) is 5.91. The first-order valence-corrected chi connectivity index (χ1v) is 9.55. The van der Waals surface area contributed by atoms with Crippen LogP contribution in [0.5, 0.6) is 0 Å². The summed E-state index contributed by atoms with van der Waals surface area (Å²) in [6.45, 7) is 1.12. The molecular formula is C22H27N2O+. The summed E-state index contributed by atoms with van der Waals surface area (Å²) in [5, 5.41) is 3.30. The minimum absolute atomic E-state index is 0.0789. The number of fused-ring (bicyclic) bond motifs is 2. The lowest BCUT2D eigenvalue weighted by atomic mass is 9.81. The van der Waals surface area contributed by atoms with E-state index in [2.05, 4.69) is 35.6 Å². The van der Waals surface area contributed by atoms with E-state index in [1.54, 1.807) is 4.90 Å². The number of piperidine rings is 2. The van der Waals surface area contributed by atoms with Crippen LogP contribution in [0.4, 0.5) is 0 Å². The molecule has 2 heterocycles. The van der Waals surface area contributed by atoms with Crippen molar-refractivity contribution in [1.82, 2.24) is 5.32 Å². The Balaban J connectivity index is 1.41. The van der Waals surface area contributed by atoms with E-state index < -0.39 is 0 Å². The van der Waals surface area contributed by atoms with E-state index in [1.807, 2.05) is 30.3 Å². The highest BCUT2D eigenvalue weighted by Gasteiger charge is 2.42. The predicted molar refractivity (Wildman–Crippen MR) is 99.5 cm³/mol. The van der Waals surface area contributed by atoms with Crippen molar-refractivity contribution in [2.45, 2.75) is 56.8 Å². The van der Waals surface area contributed by atoms with Crippen molar-refractivity contribution in [2.24, 2.45) is 0 Å². The first-order valence-electron chi connectivity index (χ1n) is 9.55. The maximum absolute atomic E-state index is 12.5. The van der Waals surface area contributed by atoms with Gasteiger partial charge in [-0.3, -0.25) is 4.79 Å². The van der Waals surface area contributed by atoms with Crippen LogP contribution in [0.1, 0.15) is 48.0 Å². The molecule has 2 saturated heterocycles. The first kappa shape index (κ1) is 16.3. The number of hydrogen-bond acceptors (Lipinski definition) is 1. The Morgan fingerprint density at radius 3 is 2.16 bits per heavy atom. The Morgan fingerprint density at radius 2 is 1.52 bits per heavy atom. The zero-order chi connectivity index (χ0) is 17.1. The van der Waals surface area contributed by atoms with E-state index in [9.17, 15) is 4.79 Å². The molecule has 2 aliphatic rings. The summed E-state index contributed by atoms with van der Waals surface area (Å²) in [6.07, 6.45) is 6.13. The van der Waals surface area contributed by atoms with Crippen molar-refractivity contribution in [2.75, 3.05) is 0 Å². The maximum atomic E-state index is 12.5. The Morgan fingerprint density at radius 1 is 0.920 bits per heavy atom. The van der Waals surface area contributed by atoms with Gasteiger partial charge in [0.1, 0.15) is 6.54 Å². The van der Waals surface area contributed by atoms with Crippen molar-refractivity contribution in [1.29, 1.82) is 0 Å². The van der Waals surface area contributed by atoms with E-state index in [0.717, 1.165) is 24.9 Å². The topological polar surface area (TPSA) is 33.5 Å². The van der Waals surface area contributed by atoms with Crippen molar-refractivity contribution < 1.29 is 9.69 Å². The molecule has 2 fully saturated rings. The molecule has 2 N–H and O–H groups in total. The molecule has 4 atom stereocenters. The van der Waals surface area contributed by atoms with Gasteiger partial charge in [-0.2, -0.15) is 0 Å². The van der Waals surface area contributed by atoms with Crippen LogP contribution in [0.2, 0.25) is 0 Å². The van der Waals surface area contributed by atoms with Crippen LogP contribution in [0.3, 0.4) is 0 Å². The van der Waals surface area contributed by atoms with Crippen LogP contribution in [0, 0.1) is 0 Å². The zero-order valence-electron chi connectivity index (χ0n) is 14.7. The average molecular weight is 335 g/mol. The lowest BCUT2D eigenvalue weighted by molar-refractivity contribution is -0.973. The fourth-order valence-electron chi connectivity index (χ4n) is 4.73. The molecular weight excluding hydrogens is 308 g/mol. The zero-order valence-corrected chi connectivity index (χ0v) is 14.7. The largest absolute Gasteiger partial charge is 0.349 e. The summed E-state index contributed by atoms with van der Waals surface area (Å²) >= 11 is 0. The van der Waals surface area contributed by atoms with Gasteiger partial charge in [0.05, 0.1) is 12.1 Å². The van der Waals surface area contributed by atoms with E-state index in [0.29, 0.717) is 18.1 Å². The number of nitrogens with one attached hydrogen (secondary N) is 2. The Kier molecular flexibility index (Phi) is 4.84. The van der Waals surface area contributed by atoms with Gasteiger partial charge < -0.3 is 10.2 Å². The van der Waals surface area contributed by atoms with Crippen LogP contribution in [0.15, 0.2) is 60.7 Å². The molecule has 4 rings (SSSR count). The number of quaternary nitrogens is 1. The van der Waals surface area contributed by atoms with Gasteiger partial charge in [0.15, 0.2) is 0 Å². The summed E-state index contributed by atoms with van der Waals surface area (Å²) in [5.41, 5.74) is 2.20. The molecule has 130 valence electrons. The summed E-state index contributed by atoms with van der Waals surface area (Å²) in [6, 6.07) is 22.1. The summed E-state index contributed by atoms with van der Waals surface area (Å²) < 4.78 is 0. The molecule has 0 aromatic heterocycles. The average Bonchev–Trinajstić information content (AvgIpc) is 2.64. The SMILES string of the molecule is O=C(NC1C[C@H]2CCC[C@@H](C1)[NH+]2Cc1ccccc1)c1ccccc1. The van der Waals surface area contributed by atoms with Gasteiger partial charge in [-0.25, -0.2) is 0 Å². The highest BCUT2D eigenvalue weighted by atomic mass is 16.1. The van der Waals surface area contributed by atoms with Crippen molar-refractivity contribution in [3.63, 3.8) is 0 Å². The molecule has 0 radical (unpaired) electrons. The van der Waals surface area contributed by atoms with Gasteiger partial charge in [-0.15, -0.1) is 0 Å². The van der Waals surface area contributed by atoms with Crippen LogP contribution in [-0.4, -0.2) is 24.0 Å². The maximum Gasteiger partial charge on any atom is 0.251 e. The first-order chi connectivity index (χ1) is 12.3. The monoisotopic (exact) mass is 335 g/mol. The number of carbonyl (C=O) groups excluding carboxylic acids is 1. The second kappa shape index (κ2) is 7.40. The molecule has 0 aliphatic carbocycles. The third-order valence-corrected chi connectivity index (χ3v) is 5.91. The second-order valence-corrected chi connectivity index (χ2v) is 7.57. The van der Waals surface area contributed by atoms with Crippen LogP contribution >= 0.6 is 0 Å².